The van der Waals surface area contributed by atoms with E-state index in [4.69, 9.17) is 10.5 Å². The quantitative estimate of drug-likeness (QED) is 0.470. The highest BCUT2D eigenvalue weighted by Gasteiger charge is 2.47. The van der Waals surface area contributed by atoms with Gasteiger partial charge in [0.05, 0.1) is 6.33 Å². The zero-order valence-corrected chi connectivity index (χ0v) is 16.2. The van der Waals surface area contributed by atoms with Crippen LogP contribution in [-0.2, 0) is 9.53 Å². The summed E-state index contributed by atoms with van der Waals surface area (Å²) >= 11 is 0. The minimum absolute atomic E-state index is 0.166. The zero-order valence-electron chi connectivity index (χ0n) is 16.2. The van der Waals surface area contributed by atoms with Gasteiger partial charge in [-0.3, -0.25) is 9.36 Å². The largest absolute Gasteiger partial charge is 0.387 e. The van der Waals surface area contributed by atoms with Crippen LogP contribution < -0.4 is 11.1 Å². The third-order valence-corrected chi connectivity index (χ3v) is 4.81. The number of fused-ring (bicyclic) bond motifs is 1. The maximum atomic E-state index is 12.1. The predicted molar refractivity (Wildman–Crippen MR) is 110 cm³/mol. The summed E-state index contributed by atoms with van der Waals surface area (Å²) in [6.45, 7) is 2.13. The highest BCUT2D eigenvalue weighted by atomic mass is 16.6. The van der Waals surface area contributed by atoms with Crippen LogP contribution in [0.15, 0.2) is 36.7 Å². The van der Waals surface area contributed by atoms with E-state index in [0.717, 1.165) is 5.56 Å². The van der Waals surface area contributed by atoms with E-state index < -0.39 is 30.4 Å². The van der Waals surface area contributed by atoms with Crippen LogP contribution in [-0.4, -0.2) is 60.5 Å². The van der Waals surface area contributed by atoms with E-state index in [2.05, 4.69) is 20.3 Å². The molecule has 0 radical (unpaired) electrons. The smallest absolute Gasteiger partial charge is 0.252 e. The Morgan fingerprint density at radius 2 is 2.00 bits per heavy atom. The highest BCUT2D eigenvalue weighted by Crippen LogP contribution is 2.32. The van der Waals surface area contributed by atoms with Crippen molar-refractivity contribution in [3.8, 4) is 0 Å². The van der Waals surface area contributed by atoms with Crippen molar-refractivity contribution >= 4 is 35.0 Å². The Hall–Kier alpha value is -3.34. The number of hydrogen-bond acceptors (Lipinski definition) is 8. The fourth-order valence-corrected chi connectivity index (χ4v) is 3.33. The summed E-state index contributed by atoms with van der Waals surface area (Å²) in [6.07, 6.45) is -0.0686. The lowest BCUT2D eigenvalue weighted by Gasteiger charge is -2.16. The van der Waals surface area contributed by atoms with Gasteiger partial charge >= 0.3 is 0 Å². The molecule has 0 bridgehead atoms. The summed E-state index contributed by atoms with van der Waals surface area (Å²) in [4.78, 5) is 25.0. The molecule has 1 aliphatic heterocycles. The number of aliphatic hydroxyl groups excluding tert-OH is 2. The molecule has 1 aromatic carbocycles. The number of carbonyl (C=O) groups is 1. The van der Waals surface area contributed by atoms with Gasteiger partial charge in [-0.1, -0.05) is 36.4 Å². The van der Waals surface area contributed by atoms with Crippen LogP contribution in [0.25, 0.3) is 23.3 Å². The molecule has 0 spiro atoms. The molecule has 10 heteroatoms. The number of benzene rings is 1. The van der Waals surface area contributed by atoms with E-state index in [1.54, 1.807) is 13.0 Å². The number of ether oxygens (including phenoxy) is 1. The Morgan fingerprint density at radius 3 is 2.73 bits per heavy atom. The summed E-state index contributed by atoms with van der Waals surface area (Å²) in [7, 11) is 0. The molecule has 0 aliphatic carbocycles. The standard InChI is InChI=1S/C20H22N6O4/c1-2-22-19(29)16-14(27)15(28)20(30-16)26-10-23-13-17(21)24-12(25-18(13)26)9-8-11-6-4-3-5-7-11/h3-10,14-16,20,27-28H,2H2,1H3,(H,22,29)(H2,21,24,25)/b9-8+. The number of likely N-dealkylation sites (N-methyl/N-ethyl adjacent to an activating group) is 1. The number of imidazole rings is 1. The van der Waals surface area contributed by atoms with Gasteiger partial charge < -0.3 is 26.0 Å². The molecule has 0 saturated carbocycles. The van der Waals surface area contributed by atoms with Gasteiger partial charge in [-0.05, 0) is 18.6 Å². The Morgan fingerprint density at radius 1 is 1.23 bits per heavy atom. The molecule has 2 aromatic heterocycles. The number of nitrogens with one attached hydrogen (secondary N) is 1. The maximum absolute atomic E-state index is 12.1. The van der Waals surface area contributed by atoms with Crippen LogP contribution in [0, 0.1) is 0 Å². The number of rotatable bonds is 5. The SMILES string of the molecule is CCNC(=O)C1OC(n2cnc3c(N)nc(/C=C/c4ccccc4)nc32)C(O)C1O. The first kappa shape index (κ1) is 20.0. The van der Waals surface area contributed by atoms with Crippen molar-refractivity contribution in [2.24, 2.45) is 0 Å². The summed E-state index contributed by atoms with van der Waals surface area (Å²) in [5, 5.41) is 23.3. The number of hydrogen-bond donors (Lipinski definition) is 4. The van der Waals surface area contributed by atoms with Crippen LogP contribution in [0.5, 0.6) is 0 Å². The van der Waals surface area contributed by atoms with E-state index >= 15 is 0 Å². The first-order valence-corrected chi connectivity index (χ1v) is 9.52. The van der Waals surface area contributed by atoms with E-state index in [1.165, 1.54) is 10.9 Å². The van der Waals surface area contributed by atoms with Crippen molar-refractivity contribution in [3.05, 3.63) is 48.0 Å². The van der Waals surface area contributed by atoms with E-state index in [1.807, 2.05) is 36.4 Å². The fourth-order valence-electron chi connectivity index (χ4n) is 3.33. The Kier molecular flexibility index (Phi) is 5.44. The lowest BCUT2D eigenvalue weighted by atomic mass is 10.1. The first-order valence-electron chi connectivity index (χ1n) is 9.52. The number of anilines is 1. The highest BCUT2D eigenvalue weighted by molar-refractivity contribution is 5.84. The summed E-state index contributed by atoms with van der Waals surface area (Å²) in [6, 6.07) is 9.64. The molecule has 1 fully saturated rings. The number of carbonyl (C=O) groups excluding carboxylic acids is 1. The molecule has 5 N–H and O–H groups in total. The molecule has 30 heavy (non-hydrogen) atoms. The van der Waals surface area contributed by atoms with Crippen molar-refractivity contribution in [3.63, 3.8) is 0 Å². The molecular formula is C20H22N6O4. The van der Waals surface area contributed by atoms with E-state index in [0.29, 0.717) is 23.5 Å². The number of aliphatic hydroxyl groups is 2. The molecule has 3 heterocycles. The van der Waals surface area contributed by atoms with Crippen molar-refractivity contribution in [1.82, 2.24) is 24.8 Å². The van der Waals surface area contributed by atoms with Crippen LogP contribution in [0.3, 0.4) is 0 Å². The Labute approximate surface area is 172 Å². The molecule has 3 aromatic rings. The van der Waals surface area contributed by atoms with Crippen molar-refractivity contribution in [2.75, 3.05) is 12.3 Å². The van der Waals surface area contributed by atoms with Gasteiger partial charge in [0, 0.05) is 6.54 Å². The number of amides is 1. The molecular weight excluding hydrogens is 388 g/mol. The normalized spacial score (nSPS) is 24.0. The predicted octanol–water partition coefficient (Wildman–Crippen LogP) is 0.334. The summed E-state index contributed by atoms with van der Waals surface area (Å²) in [5.74, 6) is 0.00952. The minimum atomic E-state index is -1.39. The average molecular weight is 410 g/mol. The van der Waals surface area contributed by atoms with Gasteiger partial charge in [-0.15, -0.1) is 0 Å². The first-order chi connectivity index (χ1) is 14.5. The molecule has 4 rings (SSSR count). The van der Waals surface area contributed by atoms with Crippen molar-refractivity contribution < 1.29 is 19.7 Å². The van der Waals surface area contributed by atoms with E-state index in [9.17, 15) is 15.0 Å². The van der Waals surface area contributed by atoms with Gasteiger partial charge in [0.1, 0.15) is 17.7 Å². The van der Waals surface area contributed by atoms with Gasteiger partial charge in [-0.25, -0.2) is 15.0 Å². The molecule has 1 aliphatic rings. The van der Waals surface area contributed by atoms with E-state index in [-0.39, 0.29) is 5.82 Å². The van der Waals surface area contributed by atoms with Gasteiger partial charge in [0.15, 0.2) is 29.6 Å². The fraction of sp³-hybridized carbons (Fsp3) is 0.300. The molecule has 1 saturated heterocycles. The summed E-state index contributed by atoms with van der Waals surface area (Å²) < 4.78 is 7.10. The monoisotopic (exact) mass is 410 g/mol. The van der Waals surface area contributed by atoms with Crippen LogP contribution >= 0.6 is 0 Å². The molecule has 10 nitrogen and oxygen atoms in total. The molecule has 4 unspecified atom stereocenters. The molecule has 4 atom stereocenters. The Bertz CT molecular complexity index is 1080. The van der Waals surface area contributed by atoms with Crippen molar-refractivity contribution in [2.45, 2.75) is 31.5 Å². The van der Waals surface area contributed by atoms with Gasteiger partial charge in [-0.2, -0.15) is 0 Å². The lowest BCUT2D eigenvalue weighted by Crippen LogP contribution is -2.42. The zero-order chi connectivity index (χ0) is 21.3. The Balaban J connectivity index is 1.67. The summed E-state index contributed by atoms with van der Waals surface area (Å²) in [5.41, 5.74) is 7.66. The average Bonchev–Trinajstić information content (AvgIpc) is 3.29. The van der Waals surface area contributed by atoms with Crippen molar-refractivity contribution in [1.29, 1.82) is 0 Å². The molecule has 1 amide bonds. The third-order valence-electron chi connectivity index (χ3n) is 4.81. The number of aromatic nitrogens is 4. The van der Waals surface area contributed by atoms with Crippen LogP contribution in [0.2, 0.25) is 0 Å². The van der Waals surface area contributed by atoms with Gasteiger partial charge in [0.25, 0.3) is 5.91 Å². The number of nitrogen functional groups attached to an aromatic ring is 1. The second-order valence-electron chi connectivity index (χ2n) is 6.86. The topological polar surface area (TPSA) is 148 Å². The molecule has 156 valence electrons. The maximum Gasteiger partial charge on any atom is 0.252 e. The lowest BCUT2D eigenvalue weighted by molar-refractivity contribution is -0.137. The number of nitrogens with two attached hydrogens (primary N) is 1. The number of nitrogens with zero attached hydrogens (tertiary/aromatic N) is 4. The minimum Gasteiger partial charge on any atom is -0.387 e. The van der Waals surface area contributed by atoms with Gasteiger partial charge in [0.2, 0.25) is 0 Å². The third kappa shape index (κ3) is 3.63. The van der Waals surface area contributed by atoms with Crippen LogP contribution in [0.1, 0.15) is 24.5 Å². The second-order valence-corrected chi connectivity index (χ2v) is 6.86. The van der Waals surface area contributed by atoms with Crippen LogP contribution in [0.4, 0.5) is 5.82 Å². The second kappa shape index (κ2) is 8.19.